The van der Waals surface area contributed by atoms with Gasteiger partial charge in [-0.05, 0) is 36.0 Å². The van der Waals surface area contributed by atoms with Crippen molar-refractivity contribution in [2.24, 2.45) is 0 Å². The van der Waals surface area contributed by atoms with Crippen LogP contribution in [0.15, 0.2) is 46.7 Å². The Morgan fingerprint density at radius 1 is 1.29 bits per heavy atom. The van der Waals surface area contributed by atoms with Crippen LogP contribution in [0, 0.1) is 0 Å². The van der Waals surface area contributed by atoms with Gasteiger partial charge < -0.3 is 5.11 Å². The van der Waals surface area contributed by atoms with E-state index < -0.39 is 5.97 Å². The Balaban J connectivity index is 2.28. The zero-order valence-corrected chi connectivity index (χ0v) is 10.1. The molecule has 1 N–H and O–H groups in total. The van der Waals surface area contributed by atoms with E-state index in [1.807, 2.05) is 0 Å². The molecule has 0 saturated heterocycles. The van der Waals surface area contributed by atoms with Gasteiger partial charge in [0.25, 0.3) is 0 Å². The summed E-state index contributed by atoms with van der Waals surface area (Å²) in [6.07, 6.45) is 3.07. The molecule has 2 heterocycles. The summed E-state index contributed by atoms with van der Waals surface area (Å²) in [5.74, 6) is -0.985. The minimum Gasteiger partial charge on any atom is -0.478 e. The Morgan fingerprint density at radius 2 is 2.12 bits per heavy atom. The van der Waals surface area contributed by atoms with Gasteiger partial charge in [-0.1, -0.05) is 11.6 Å². The lowest BCUT2D eigenvalue weighted by molar-refractivity contribution is 0.0696. The number of carboxylic acids is 1. The Bertz CT molecular complexity index is 563. The van der Waals surface area contributed by atoms with Gasteiger partial charge in [0.1, 0.15) is 10.1 Å². The van der Waals surface area contributed by atoms with Crippen LogP contribution in [-0.2, 0) is 0 Å². The molecule has 2 aromatic heterocycles. The number of halogens is 1. The molecule has 0 spiro atoms. The quantitative estimate of drug-likeness (QED) is 0.925. The van der Waals surface area contributed by atoms with Crippen LogP contribution in [0.5, 0.6) is 0 Å². The molecule has 0 radical (unpaired) electrons. The smallest absolute Gasteiger partial charge is 0.335 e. The van der Waals surface area contributed by atoms with Gasteiger partial charge in [-0.2, -0.15) is 0 Å². The van der Waals surface area contributed by atoms with Crippen LogP contribution in [0.4, 0.5) is 0 Å². The molecule has 4 nitrogen and oxygen atoms in total. The standard InChI is InChI=1S/C11H7ClN2O2S/c12-8-2-1-4-14-10(8)17-9-6-7(11(15)16)3-5-13-9/h1-6H,(H,15,16). The molecule has 0 atom stereocenters. The van der Waals surface area contributed by atoms with Crippen molar-refractivity contribution in [1.82, 2.24) is 9.97 Å². The lowest BCUT2D eigenvalue weighted by Gasteiger charge is -2.02. The van der Waals surface area contributed by atoms with Gasteiger partial charge in [0.05, 0.1) is 10.6 Å². The van der Waals surface area contributed by atoms with E-state index in [1.165, 1.54) is 30.1 Å². The molecule has 0 bridgehead atoms. The highest BCUT2D eigenvalue weighted by molar-refractivity contribution is 7.99. The number of aromatic carboxylic acids is 1. The molecule has 0 unspecified atom stereocenters. The molecule has 86 valence electrons. The number of carbonyl (C=O) groups is 1. The van der Waals surface area contributed by atoms with Crippen LogP contribution in [0.1, 0.15) is 10.4 Å². The first-order valence-corrected chi connectivity index (χ1v) is 5.84. The van der Waals surface area contributed by atoms with Crippen LogP contribution in [0.25, 0.3) is 0 Å². The Morgan fingerprint density at radius 3 is 2.82 bits per heavy atom. The number of carboxylic acid groups (broad SMARTS) is 1. The molecule has 0 aliphatic carbocycles. The first-order valence-electron chi connectivity index (χ1n) is 4.64. The molecule has 0 aromatic carbocycles. The van der Waals surface area contributed by atoms with Crippen LogP contribution < -0.4 is 0 Å². The third-order valence-corrected chi connectivity index (χ3v) is 3.28. The highest BCUT2D eigenvalue weighted by Crippen LogP contribution is 2.29. The van der Waals surface area contributed by atoms with E-state index in [4.69, 9.17) is 16.7 Å². The molecule has 2 aromatic rings. The summed E-state index contributed by atoms with van der Waals surface area (Å²) in [7, 11) is 0. The fourth-order valence-electron chi connectivity index (χ4n) is 1.14. The second-order valence-electron chi connectivity index (χ2n) is 3.08. The van der Waals surface area contributed by atoms with E-state index in [-0.39, 0.29) is 5.56 Å². The van der Waals surface area contributed by atoms with Crippen LogP contribution >= 0.6 is 23.4 Å². The monoisotopic (exact) mass is 266 g/mol. The van der Waals surface area contributed by atoms with Crippen molar-refractivity contribution in [1.29, 1.82) is 0 Å². The lowest BCUT2D eigenvalue weighted by Crippen LogP contribution is -1.96. The molecule has 6 heteroatoms. The molecule has 0 aliphatic heterocycles. The molecular weight excluding hydrogens is 260 g/mol. The summed E-state index contributed by atoms with van der Waals surface area (Å²) in [5, 5.41) is 10.5. The third kappa shape index (κ3) is 2.95. The van der Waals surface area contributed by atoms with E-state index in [9.17, 15) is 4.79 Å². The molecule has 0 saturated carbocycles. The summed E-state index contributed by atoms with van der Waals surface area (Å²) >= 11 is 7.18. The maximum absolute atomic E-state index is 10.8. The molecule has 17 heavy (non-hydrogen) atoms. The number of aromatic nitrogens is 2. The largest absolute Gasteiger partial charge is 0.478 e. The Hall–Kier alpha value is -1.59. The van der Waals surface area contributed by atoms with Crippen molar-refractivity contribution in [3.05, 3.63) is 47.2 Å². The Labute approximate surface area is 107 Å². The van der Waals surface area contributed by atoms with Gasteiger partial charge in [-0.15, -0.1) is 0 Å². The summed E-state index contributed by atoms with van der Waals surface area (Å²) in [5.41, 5.74) is 0.189. The SMILES string of the molecule is O=C(O)c1ccnc(Sc2ncccc2Cl)c1. The van der Waals surface area contributed by atoms with Crippen molar-refractivity contribution in [3.8, 4) is 0 Å². The second-order valence-corrected chi connectivity index (χ2v) is 4.50. The topological polar surface area (TPSA) is 63.1 Å². The average Bonchev–Trinajstić information content (AvgIpc) is 2.32. The number of nitrogens with zero attached hydrogens (tertiary/aromatic N) is 2. The molecule has 0 amide bonds. The third-order valence-electron chi connectivity index (χ3n) is 1.91. The van der Waals surface area contributed by atoms with E-state index in [1.54, 1.807) is 18.3 Å². The normalized spacial score (nSPS) is 10.2. The predicted molar refractivity (Wildman–Crippen MR) is 64.6 cm³/mol. The summed E-state index contributed by atoms with van der Waals surface area (Å²) < 4.78 is 0. The average molecular weight is 267 g/mol. The van der Waals surface area contributed by atoms with Crippen molar-refractivity contribution in [3.63, 3.8) is 0 Å². The minimum absolute atomic E-state index is 0.189. The van der Waals surface area contributed by atoms with Crippen LogP contribution in [0.2, 0.25) is 5.02 Å². The highest BCUT2D eigenvalue weighted by Gasteiger charge is 2.08. The van der Waals surface area contributed by atoms with Crippen molar-refractivity contribution in [2.45, 2.75) is 10.1 Å². The number of hydrogen-bond acceptors (Lipinski definition) is 4. The summed E-state index contributed by atoms with van der Waals surface area (Å²) in [4.78, 5) is 18.9. The van der Waals surface area contributed by atoms with E-state index >= 15 is 0 Å². The molecule has 2 rings (SSSR count). The van der Waals surface area contributed by atoms with Crippen molar-refractivity contribution >= 4 is 29.3 Å². The van der Waals surface area contributed by atoms with Gasteiger partial charge in [-0.3, -0.25) is 0 Å². The van der Waals surface area contributed by atoms with E-state index in [0.717, 1.165) is 0 Å². The van der Waals surface area contributed by atoms with Gasteiger partial charge in [0.2, 0.25) is 0 Å². The number of rotatable bonds is 3. The summed E-state index contributed by atoms with van der Waals surface area (Å²) in [6, 6.07) is 6.37. The van der Waals surface area contributed by atoms with E-state index in [0.29, 0.717) is 15.1 Å². The first kappa shape index (κ1) is 11.9. The van der Waals surface area contributed by atoms with Gasteiger partial charge in [0.15, 0.2) is 0 Å². The second kappa shape index (κ2) is 5.16. The van der Waals surface area contributed by atoms with E-state index in [2.05, 4.69) is 9.97 Å². The molecule has 0 fully saturated rings. The first-order chi connectivity index (χ1) is 8.16. The number of pyridine rings is 2. The van der Waals surface area contributed by atoms with Crippen LogP contribution in [-0.4, -0.2) is 21.0 Å². The fraction of sp³-hybridized carbons (Fsp3) is 0. The molecular formula is C11H7ClN2O2S. The Kier molecular flexibility index (Phi) is 3.61. The zero-order chi connectivity index (χ0) is 12.3. The lowest BCUT2D eigenvalue weighted by atomic mass is 10.3. The van der Waals surface area contributed by atoms with Gasteiger partial charge >= 0.3 is 5.97 Å². The summed E-state index contributed by atoms with van der Waals surface area (Å²) in [6.45, 7) is 0. The highest BCUT2D eigenvalue weighted by atomic mass is 35.5. The maximum Gasteiger partial charge on any atom is 0.335 e. The maximum atomic E-state index is 10.8. The van der Waals surface area contributed by atoms with Gasteiger partial charge in [0, 0.05) is 12.4 Å². The predicted octanol–water partition coefficient (Wildman–Crippen LogP) is 2.98. The van der Waals surface area contributed by atoms with Crippen molar-refractivity contribution < 1.29 is 9.90 Å². The van der Waals surface area contributed by atoms with Gasteiger partial charge in [-0.25, -0.2) is 14.8 Å². The van der Waals surface area contributed by atoms with Crippen LogP contribution in [0.3, 0.4) is 0 Å². The van der Waals surface area contributed by atoms with Crippen molar-refractivity contribution in [2.75, 3.05) is 0 Å². The number of hydrogen-bond donors (Lipinski definition) is 1. The molecule has 0 aliphatic rings. The fourth-order valence-corrected chi connectivity index (χ4v) is 2.16. The minimum atomic E-state index is -0.985. The zero-order valence-electron chi connectivity index (χ0n) is 8.50.